The molecule has 0 aliphatic rings. The molecule has 2 aromatic heterocycles. The van der Waals surface area contributed by atoms with Crippen LogP contribution in [0.5, 0.6) is 5.75 Å². The summed E-state index contributed by atoms with van der Waals surface area (Å²) in [7, 11) is 0. The zero-order chi connectivity index (χ0) is 22.4. The minimum Gasteiger partial charge on any atom is -0.505 e. The summed E-state index contributed by atoms with van der Waals surface area (Å²) in [5.41, 5.74) is 6.78. The van der Waals surface area contributed by atoms with Crippen LogP contribution in [0.4, 0.5) is 4.39 Å². The van der Waals surface area contributed by atoms with Gasteiger partial charge in [-0.25, -0.2) is 4.39 Å². The molecular formula is C22H25FN4O4. The van der Waals surface area contributed by atoms with E-state index in [0.717, 1.165) is 11.1 Å². The number of pyridine rings is 2. The van der Waals surface area contributed by atoms with Gasteiger partial charge in [0.15, 0.2) is 5.75 Å². The van der Waals surface area contributed by atoms with Gasteiger partial charge in [-0.1, -0.05) is 12.1 Å². The average molecular weight is 428 g/mol. The Morgan fingerprint density at radius 1 is 1.29 bits per heavy atom. The summed E-state index contributed by atoms with van der Waals surface area (Å²) in [6.45, 7) is 3.13. The zero-order valence-corrected chi connectivity index (χ0v) is 17.2. The fourth-order valence-corrected chi connectivity index (χ4v) is 3.31. The molecule has 0 fully saturated rings. The van der Waals surface area contributed by atoms with Crippen LogP contribution < -0.4 is 16.6 Å². The number of hydrogen-bond donors (Lipinski definition) is 3. The largest absolute Gasteiger partial charge is 0.505 e. The molecule has 0 atom stereocenters. The molecule has 9 heteroatoms. The normalized spacial score (nSPS) is 11.1. The van der Waals surface area contributed by atoms with E-state index in [2.05, 4.69) is 10.3 Å². The van der Waals surface area contributed by atoms with Gasteiger partial charge in [0.1, 0.15) is 16.9 Å². The molecule has 8 nitrogen and oxygen atoms in total. The van der Waals surface area contributed by atoms with Gasteiger partial charge in [0.25, 0.3) is 11.5 Å². The van der Waals surface area contributed by atoms with Crippen molar-refractivity contribution in [2.45, 2.75) is 19.9 Å². The highest BCUT2D eigenvalue weighted by molar-refractivity contribution is 6.01. The topological polar surface area (TPSA) is 119 Å². The number of aromatic hydroxyl groups is 1. The first-order valence-corrected chi connectivity index (χ1v) is 10.0. The molecule has 3 rings (SSSR count). The van der Waals surface area contributed by atoms with Gasteiger partial charge >= 0.3 is 0 Å². The summed E-state index contributed by atoms with van der Waals surface area (Å²) in [5, 5.41) is 13.2. The van der Waals surface area contributed by atoms with Gasteiger partial charge in [-0.2, -0.15) is 0 Å². The van der Waals surface area contributed by atoms with Crippen LogP contribution in [0, 0.1) is 5.82 Å². The molecule has 1 amide bonds. The number of benzene rings is 1. The zero-order valence-electron chi connectivity index (χ0n) is 17.2. The van der Waals surface area contributed by atoms with Crippen molar-refractivity contribution in [2.24, 2.45) is 5.73 Å². The predicted molar refractivity (Wildman–Crippen MR) is 115 cm³/mol. The molecule has 1 aromatic carbocycles. The van der Waals surface area contributed by atoms with Crippen LogP contribution in [0.3, 0.4) is 0 Å². The SMILES string of the molecule is CCOCCNC(=O)c1c(O)c2ncc(Cc3ccc(F)cc3)cc2n(CCN)c1=O. The number of ether oxygens (including phenoxy) is 1. The summed E-state index contributed by atoms with van der Waals surface area (Å²) in [4.78, 5) is 29.9. The van der Waals surface area contributed by atoms with Crippen LogP contribution in [0.25, 0.3) is 11.0 Å². The molecule has 0 saturated carbocycles. The summed E-state index contributed by atoms with van der Waals surface area (Å²) >= 11 is 0. The van der Waals surface area contributed by atoms with E-state index >= 15 is 0 Å². The minimum absolute atomic E-state index is 0.130. The maximum absolute atomic E-state index is 13.1. The lowest BCUT2D eigenvalue weighted by atomic mass is 10.1. The molecule has 0 unspecified atom stereocenters. The molecule has 4 N–H and O–H groups in total. The lowest BCUT2D eigenvalue weighted by Gasteiger charge is -2.15. The third-order valence-corrected chi connectivity index (χ3v) is 4.77. The van der Waals surface area contributed by atoms with Crippen molar-refractivity contribution in [3.8, 4) is 5.75 Å². The second kappa shape index (κ2) is 10.1. The quantitative estimate of drug-likeness (QED) is 0.445. The van der Waals surface area contributed by atoms with Crippen molar-refractivity contribution in [3.63, 3.8) is 0 Å². The van der Waals surface area contributed by atoms with E-state index in [9.17, 15) is 19.1 Å². The van der Waals surface area contributed by atoms with Crippen LogP contribution in [0.2, 0.25) is 0 Å². The van der Waals surface area contributed by atoms with Crippen molar-refractivity contribution in [2.75, 3.05) is 26.3 Å². The number of fused-ring (bicyclic) bond motifs is 1. The summed E-state index contributed by atoms with van der Waals surface area (Å²) in [6, 6.07) is 7.80. The molecule has 0 saturated heterocycles. The Labute approximate surface area is 178 Å². The van der Waals surface area contributed by atoms with E-state index in [4.69, 9.17) is 10.5 Å². The van der Waals surface area contributed by atoms with E-state index in [1.54, 1.807) is 24.4 Å². The van der Waals surface area contributed by atoms with Crippen LogP contribution in [-0.4, -0.2) is 46.9 Å². The van der Waals surface area contributed by atoms with Crippen LogP contribution in [0.1, 0.15) is 28.4 Å². The van der Waals surface area contributed by atoms with Gasteiger partial charge in [0.05, 0.1) is 12.1 Å². The van der Waals surface area contributed by atoms with Crippen molar-refractivity contribution in [1.29, 1.82) is 0 Å². The van der Waals surface area contributed by atoms with Crippen molar-refractivity contribution in [3.05, 3.63) is 69.4 Å². The van der Waals surface area contributed by atoms with Gasteiger partial charge in [0.2, 0.25) is 0 Å². The van der Waals surface area contributed by atoms with E-state index in [1.807, 2.05) is 6.92 Å². The summed E-state index contributed by atoms with van der Waals surface area (Å²) in [6.07, 6.45) is 2.01. The Hall–Kier alpha value is -3.30. The predicted octanol–water partition coefficient (Wildman–Crippen LogP) is 1.56. The van der Waals surface area contributed by atoms with Gasteiger partial charge < -0.3 is 25.5 Å². The fourth-order valence-electron chi connectivity index (χ4n) is 3.31. The highest BCUT2D eigenvalue weighted by Gasteiger charge is 2.23. The monoisotopic (exact) mass is 428 g/mol. The summed E-state index contributed by atoms with van der Waals surface area (Å²) < 4.78 is 19.7. The van der Waals surface area contributed by atoms with E-state index in [-0.39, 0.29) is 36.5 Å². The van der Waals surface area contributed by atoms with E-state index in [1.165, 1.54) is 16.7 Å². The Morgan fingerprint density at radius 3 is 2.71 bits per heavy atom. The van der Waals surface area contributed by atoms with E-state index in [0.29, 0.717) is 25.2 Å². The van der Waals surface area contributed by atoms with Crippen LogP contribution in [-0.2, 0) is 17.7 Å². The molecule has 2 heterocycles. The molecule has 0 bridgehead atoms. The lowest BCUT2D eigenvalue weighted by Crippen LogP contribution is -2.36. The number of carbonyl (C=O) groups excluding carboxylic acids is 1. The van der Waals surface area contributed by atoms with Gasteiger partial charge in [-0.15, -0.1) is 0 Å². The smallest absolute Gasteiger partial charge is 0.267 e. The van der Waals surface area contributed by atoms with Crippen LogP contribution in [0.15, 0.2) is 41.3 Å². The van der Waals surface area contributed by atoms with Crippen molar-refractivity contribution >= 4 is 16.9 Å². The summed E-state index contributed by atoms with van der Waals surface area (Å²) in [5.74, 6) is -1.50. The average Bonchev–Trinajstić information content (AvgIpc) is 2.76. The number of carbonyl (C=O) groups is 1. The van der Waals surface area contributed by atoms with Gasteiger partial charge in [-0.3, -0.25) is 14.6 Å². The first kappa shape index (κ1) is 22.4. The first-order chi connectivity index (χ1) is 15.0. The number of hydrogen-bond acceptors (Lipinski definition) is 6. The van der Waals surface area contributed by atoms with Gasteiger partial charge in [-0.05, 0) is 42.7 Å². The Balaban J connectivity index is 2.01. The third kappa shape index (κ3) is 5.07. The second-order valence-electron chi connectivity index (χ2n) is 6.94. The van der Waals surface area contributed by atoms with Crippen molar-refractivity contribution in [1.82, 2.24) is 14.9 Å². The molecule has 0 radical (unpaired) electrons. The standard InChI is InChI=1S/C22H25FN4O4/c1-2-31-10-8-25-21(29)18-20(28)19-17(27(9-7-24)22(18)30)12-15(13-26-19)11-14-3-5-16(23)6-4-14/h3-6,12-13,28H,2,7-11,24H2,1H3,(H,25,29). The molecule has 164 valence electrons. The number of rotatable bonds is 9. The number of nitrogens with zero attached hydrogens (tertiary/aromatic N) is 2. The second-order valence-corrected chi connectivity index (χ2v) is 6.94. The molecule has 31 heavy (non-hydrogen) atoms. The molecule has 0 spiro atoms. The number of nitrogens with one attached hydrogen (secondary N) is 1. The number of amides is 1. The highest BCUT2D eigenvalue weighted by Crippen LogP contribution is 2.26. The molecule has 3 aromatic rings. The Kier molecular flexibility index (Phi) is 7.32. The first-order valence-electron chi connectivity index (χ1n) is 10.0. The lowest BCUT2D eigenvalue weighted by molar-refractivity contribution is 0.0918. The maximum atomic E-state index is 13.1. The van der Waals surface area contributed by atoms with E-state index < -0.39 is 17.2 Å². The van der Waals surface area contributed by atoms with Gasteiger partial charge in [0, 0.05) is 32.4 Å². The minimum atomic E-state index is -0.702. The number of aromatic nitrogens is 2. The molecular weight excluding hydrogens is 403 g/mol. The number of halogens is 1. The van der Waals surface area contributed by atoms with Crippen molar-refractivity contribution < 1.29 is 19.0 Å². The third-order valence-electron chi connectivity index (χ3n) is 4.77. The van der Waals surface area contributed by atoms with Crippen LogP contribution >= 0.6 is 0 Å². The maximum Gasteiger partial charge on any atom is 0.267 e. The fraction of sp³-hybridized carbons (Fsp3) is 0.318. The Bertz CT molecular complexity index is 1130. The highest BCUT2D eigenvalue weighted by atomic mass is 19.1. The molecule has 0 aliphatic carbocycles. The Morgan fingerprint density at radius 2 is 2.03 bits per heavy atom. The molecule has 0 aliphatic heterocycles. The number of nitrogens with two attached hydrogens (primary N) is 1.